The minimum Gasteiger partial charge on any atom is -0.487 e. The van der Waals surface area contributed by atoms with Crippen LogP contribution in [0.3, 0.4) is 0 Å². The van der Waals surface area contributed by atoms with Crippen molar-refractivity contribution in [3.05, 3.63) is 53.9 Å². The van der Waals surface area contributed by atoms with E-state index >= 15 is 0 Å². The maximum Gasteiger partial charge on any atom is 0.247 e. The lowest BCUT2D eigenvalue weighted by Crippen LogP contribution is -2.49. The minimum atomic E-state index is -3.87. The molecule has 1 aromatic heterocycles. The molecular weight excluding hydrogens is 454 g/mol. The highest BCUT2D eigenvalue weighted by Gasteiger charge is 2.38. The first kappa shape index (κ1) is 26.1. The van der Waals surface area contributed by atoms with Crippen LogP contribution in [0.4, 0.5) is 0 Å². The van der Waals surface area contributed by atoms with Crippen molar-refractivity contribution in [1.29, 1.82) is 0 Å². The van der Waals surface area contributed by atoms with Crippen LogP contribution in [0.1, 0.15) is 25.0 Å². The molecule has 0 spiro atoms. The summed E-state index contributed by atoms with van der Waals surface area (Å²) in [5.41, 5.74) is 1.77. The van der Waals surface area contributed by atoms with Gasteiger partial charge >= 0.3 is 0 Å². The van der Waals surface area contributed by atoms with Gasteiger partial charge in [0.25, 0.3) is 0 Å². The molecule has 1 aliphatic rings. The highest BCUT2D eigenvalue weighted by atomic mass is 32.2. The van der Waals surface area contributed by atoms with Crippen molar-refractivity contribution in [2.75, 3.05) is 40.5 Å². The summed E-state index contributed by atoms with van der Waals surface area (Å²) in [6.07, 6.45) is 3.25. The fraction of sp³-hybridized carbons (Fsp3) is 0.480. The van der Waals surface area contributed by atoms with Crippen LogP contribution in [0.2, 0.25) is 0 Å². The second kappa shape index (κ2) is 11.8. The molecule has 0 saturated carbocycles. The smallest absolute Gasteiger partial charge is 0.247 e. The van der Waals surface area contributed by atoms with Gasteiger partial charge in [0.1, 0.15) is 23.4 Å². The first-order valence-electron chi connectivity index (χ1n) is 11.2. The zero-order valence-corrected chi connectivity index (χ0v) is 21.0. The number of hydrogen-bond donors (Lipinski definition) is 1. The van der Waals surface area contributed by atoms with E-state index < -0.39 is 16.1 Å². The van der Waals surface area contributed by atoms with Gasteiger partial charge in [-0.05, 0) is 49.9 Å². The molecule has 34 heavy (non-hydrogen) atoms. The molecule has 2 heterocycles. The van der Waals surface area contributed by atoms with Crippen molar-refractivity contribution < 1.29 is 23.0 Å². The first-order valence-corrected chi connectivity index (χ1v) is 12.7. The Morgan fingerprint density at radius 3 is 2.74 bits per heavy atom. The van der Waals surface area contributed by atoms with Crippen LogP contribution >= 0.6 is 0 Å². The molecule has 2 aromatic rings. The van der Waals surface area contributed by atoms with E-state index in [0.29, 0.717) is 18.7 Å². The molecule has 3 atom stereocenters. The summed E-state index contributed by atoms with van der Waals surface area (Å²) in [7, 11) is -0.301. The number of aliphatic hydroxyl groups excluding tert-OH is 1. The van der Waals surface area contributed by atoms with Crippen LogP contribution in [-0.4, -0.2) is 80.3 Å². The quantitative estimate of drug-likeness (QED) is 0.597. The molecule has 0 fully saturated rings. The Bertz CT molecular complexity index is 1110. The molecule has 184 valence electrons. The van der Waals surface area contributed by atoms with E-state index in [4.69, 9.17) is 9.47 Å². The summed E-state index contributed by atoms with van der Waals surface area (Å²) in [4.78, 5) is 6.29. The molecule has 0 bridgehead atoms. The van der Waals surface area contributed by atoms with Gasteiger partial charge in [-0.1, -0.05) is 18.8 Å². The number of likely N-dealkylation sites (N-methyl/N-ethyl adjacent to an activating group) is 1. The number of methoxy groups -OCH3 is 1. The van der Waals surface area contributed by atoms with Crippen molar-refractivity contribution in [2.24, 2.45) is 5.92 Å². The van der Waals surface area contributed by atoms with Crippen LogP contribution in [0.25, 0.3) is 0 Å². The summed E-state index contributed by atoms with van der Waals surface area (Å²) in [6, 6.07) is 8.25. The van der Waals surface area contributed by atoms with E-state index in [0.717, 1.165) is 5.56 Å². The number of benzene rings is 1. The lowest BCUT2D eigenvalue weighted by Gasteiger charge is -2.37. The Labute approximate surface area is 202 Å². The number of pyridine rings is 1. The van der Waals surface area contributed by atoms with Gasteiger partial charge in [0.05, 0.1) is 6.61 Å². The second-order valence-corrected chi connectivity index (χ2v) is 10.5. The van der Waals surface area contributed by atoms with E-state index in [-0.39, 0.29) is 42.4 Å². The standard InChI is InChI=1S/C25H33N3O5S/c1-19-15-28(20(2)18-29)34(30,31)25-8-7-21(6-5-13-32-4)14-23(25)33-24(19)17-27(3)16-22-9-11-26-12-10-22/h7-12,14,19-20,24,29H,13,15-18H2,1-4H3/t19-,20-,24-/m0/s1. The largest absolute Gasteiger partial charge is 0.487 e. The van der Waals surface area contributed by atoms with Crippen LogP contribution in [0.5, 0.6) is 5.75 Å². The molecule has 1 aliphatic heterocycles. The van der Waals surface area contributed by atoms with E-state index in [1.54, 1.807) is 38.6 Å². The van der Waals surface area contributed by atoms with Crippen LogP contribution in [0, 0.1) is 17.8 Å². The number of rotatable bonds is 7. The molecule has 0 aliphatic carbocycles. The zero-order chi connectivity index (χ0) is 24.7. The van der Waals surface area contributed by atoms with Gasteiger partial charge in [-0.3, -0.25) is 9.88 Å². The van der Waals surface area contributed by atoms with Gasteiger partial charge in [0.2, 0.25) is 10.0 Å². The van der Waals surface area contributed by atoms with Gasteiger partial charge in [0.15, 0.2) is 0 Å². The fourth-order valence-corrected chi connectivity index (χ4v) is 5.73. The van der Waals surface area contributed by atoms with Gasteiger partial charge in [-0.15, -0.1) is 0 Å². The van der Waals surface area contributed by atoms with Crippen molar-refractivity contribution in [1.82, 2.24) is 14.2 Å². The summed E-state index contributed by atoms with van der Waals surface area (Å²) in [5, 5.41) is 9.77. The van der Waals surface area contributed by atoms with Crippen molar-refractivity contribution >= 4 is 10.0 Å². The predicted molar refractivity (Wildman–Crippen MR) is 130 cm³/mol. The number of sulfonamides is 1. The SMILES string of the molecule is COCC#Cc1ccc2c(c1)O[C@@H](CN(C)Cc1ccncc1)[C@@H](C)CN([C@@H](C)CO)S2(=O)=O. The second-order valence-electron chi connectivity index (χ2n) is 8.69. The third kappa shape index (κ3) is 6.34. The zero-order valence-electron chi connectivity index (χ0n) is 20.1. The minimum absolute atomic E-state index is 0.0822. The average molecular weight is 488 g/mol. The molecule has 3 rings (SSSR count). The van der Waals surface area contributed by atoms with Gasteiger partial charge < -0.3 is 14.6 Å². The summed E-state index contributed by atoms with van der Waals surface area (Å²) >= 11 is 0. The highest BCUT2D eigenvalue weighted by molar-refractivity contribution is 7.89. The topological polar surface area (TPSA) is 92.2 Å². The maximum atomic E-state index is 13.5. The Hall–Kier alpha value is -2.48. The third-order valence-electron chi connectivity index (χ3n) is 5.81. The average Bonchev–Trinajstić information content (AvgIpc) is 2.81. The lowest BCUT2D eigenvalue weighted by molar-refractivity contribution is 0.0733. The number of aromatic nitrogens is 1. The first-order chi connectivity index (χ1) is 16.3. The number of ether oxygens (including phenoxy) is 2. The molecule has 0 saturated heterocycles. The monoisotopic (exact) mass is 487 g/mol. The van der Waals surface area contributed by atoms with E-state index in [1.165, 1.54) is 10.4 Å². The molecular formula is C25H33N3O5S. The molecule has 0 amide bonds. The Kier molecular flexibility index (Phi) is 9.05. The number of fused-ring (bicyclic) bond motifs is 1. The molecule has 9 heteroatoms. The molecule has 1 aromatic carbocycles. The highest BCUT2D eigenvalue weighted by Crippen LogP contribution is 2.34. The predicted octanol–water partition coefficient (Wildman–Crippen LogP) is 1.98. The van der Waals surface area contributed by atoms with Crippen LogP contribution in [-0.2, 0) is 21.3 Å². The molecule has 0 radical (unpaired) electrons. The van der Waals surface area contributed by atoms with E-state index in [2.05, 4.69) is 21.7 Å². The van der Waals surface area contributed by atoms with E-state index in [1.807, 2.05) is 26.1 Å². The summed E-state index contributed by atoms with van der Waals surface area (Å²) < 4.78 is 39.8. The van der Waals surface area contributed by atoms with Crippen molar-refractivity contribution in [2.45, 2.75) is 37.4 Å². The van der Waals surface area contributed by atoms with Crippen molar-refractivity contribution in [3.63, 3.8) is 0 Å². The van der Waals surface area contributed by atoms with Crippen molar-refractivity contribution in [3.8, 4) is 17.6 Å². The Morgan fingerprint density at radius 1 is 1.32 bits per heavy atom. The van der Waals surface area contributed by atoms with Gasteiger partial charge in [-0.2, -0.15) is 4.31 Å². The lowest BCUT2D eigenvalue weighted by atomic mass is 10.0. The Balaban J connectivity index is 1.97. The third-order valence-corrected chi connectivity index (χ3v) is 7.83. The number of hydrogen-bond acceptors (Lipinski definition) is 7. The van der Waals surface area contributed by atoms with Crippen LogP contribution < -0.4 is 4.74 Å². The molecule has 0 unspecified atom stereocenters. The fourth-order valence-electron chi connectivity index (χ4n) is 3.90. The summed E-state index contributed by atoms with van der Waals surface area (Å²) in [5.74, 6) is 6.02. The van der Waals surface area contributed by atoms with Gasteiger partial charge in [-0.25, -0.2) is 8.42 Å². The normalized spacial score (nSPS) is 20.9. The maximum absolute atomic E-state index is 13.5. The van der Waals surface area contributed by atoms with Gasteiger partial charge in [0, 0.05) is 56.7 Å². The Morgan fingerprint density at radius 2 is 2.06 bits per heavy atom. The number of aliphatic hydroxyl groups is 1. The molecule has 1 N–H and O–H groups in total. The van der Waals surface area contributed by atoms with E-state index in [9.17, 15) is 13.5 Å². The van der Waals surface area contributed by atoms with Crippen LogP contribution in [0.15, 0.2) is 47.6 Å². The summed E-state index contributed by atoms with van der Waals surface area (Å²) in [6.45, 7) is 5.23. The molecule has 8 nitrogen and oxygen atoms in total. The number of nitrogens with zero attached hydrogens (tertiary/aromatic N) is 3.